The number of rotatable bonds is 5. The lowest BCUT2D eigenvalue weighted by Crippen LogP contribution is -2.28. The van der Waals surface area contributed by atoms with Gasteiger partial charge in [0.2, 0.25) is 5.91 Å². The van der Waals surface area contributed by atoms with Gasteiger partial charge >= 0.3 is 5.97 Å². The van der Waals surface area contributed by atoms with Gasteiger partial charge in [-0.1, -0.05) is 17.3 Å². The molecule has 0 radical (unpaired) electrons. The van der Waals surface area contributed by atoms with Crippen LogP contribution in [0.25, 0.3) is 11.3 Å². The lowest BCUT2D eigenvalue weighted by Gasteiger charge is -2.07. The number of nitrogens with zero attached hydrogens (tertiary/aromatic N) is 3. The number of benzene rings is 1. The molecule has 0 unspecified atom stereocenters. The maximum Gasteiger partial charge on any atom is 0.358 e. The van der Waals surface area contributed by atoms with Crippen molar-refractivity contribution >= 4 is 17.6 Å². The van der Waals surface area contributed by atoms with Gasteiger partial charge in [0.25, 0.3) is 0 Å². The third-order valence-electron chi connectivity index (χ3n) is 2.79. The lowest BCUT2D eigenvalue weighted by atomic mass is 10.1. The summed E-state index contributed by atoms with van der Waals surface area (Å²) in [6.07, 6.45) is 0. The number of nitrogens with one attached hydrogen (secondary N) is 1. The topological polar surface area (TPSA) is 123 Å². The number of likely N-dealkylation sites (N-methyl/N-ethyl adjacent to an activating group) is 1. The summed E-state index contributed by atoms with van der Waals surface area (Å²) in [7, 11) is 0. The Kier molecular flexibility index (Phi) is 4.17. The van der Waals surface area contributed by atoms with Crippen LogP contribution >= 0.6 is 0 Å². The van der Waals surface area contributed by atoms with E-state index >= 15 is 0 Å². The maximum absolute atomic E-state index is 11.7. The van der Waals surface area contributed by atoms with Gasteiger partial charge in [-0.2, -0.15) is 0 Å². The first-order chi connectivity index (χ1) is 10.0. The highest BCUT2D eigenvalue weighted by atomic mass is 16.4. The van der Waals surface area contributed by atoms with Crippen molar-refractivity contribution in [3.05, 3.63) is 30.0 Å². The van der Waals surface area contributed by atoms with Crippen LogP contribution < -0.4 is 11.1 Å². The van der Waals surface area contributed by atoms with Crippen LogP contribution in [0.1, 0.15) is 17.4 Å². The Balaban J connectivity index is 2.45. The molecule has 0 atom stereocenters. The Morgan fingerprint density at radius 3 is 2.57 bits per heavy atom. The van der Waals surface area contributed by atoms with E-state index in [0.717, 1.165) is 0 Å². The van der Waals surface area contributed by atoms with E-state index in [2.05, 4.69) is 15.6 Å². The van der Waals surface area contributed by atoms with E-state index in [1.807, 2.05) is 0 Å². The number of hydrogen-bond acceptors (Lipinski definition) is 5. The summed E-state index contributed by atoms with van der Waals surface area (Å²) in [5.74, 6) is -1.47. The molecule has 1 aromatic carbocycles. The average Bonchev–Trinajstić information content (AvgIpc) is 2.83. The average molecular weight is 289 g/mol. The lowest BCUT2D eigenvalue weighted by molar-refractivity contribution is -0.121. The molecule has 4 N–H and O–H groups in total. The smallest absolute Gasteiger partial charge is 0.358 e. The molecule has 2 rings (SSSR count). The number of carbonyl (C=O) groups excluding carboxylic acids is 1. The number of amides is 1. The van der Waals surface area contributed by atoms with Crippen LogP contribution in [0.5, 0.6) is 0 Å². The van der Waals surface area contributed by atoms with Crippen molar-refractivity contribution < 1.29 is 14.7 Å². The predicted molar refractivity (Wildman–Crippen MR) is 75.5 cm³/mol. The molecule has 1 amide bonds. The zero-order valence-electron chi connectivity index (χ0n) is 11.4. The van der Waals surface area contributed by atoms with Crippen LogP contribution in [0.15, 0.2) is 24.3 Å². The molecule has 0 spiro atoms. The standard InChI is InChI=1S/C13H15N5O3/c1-2-15-10(19)7-18-12(11(13(20)21)16-17-18)8-3-5-9(14)6-4-8/h3-6H,2,7,14H2,1H3,(H,15,19)(H,20,21). The minimum Gasteiger partial charge on any atom is -0.476 e. The summed E-state index contributed by atoms with van der Waals surface area (Å²) in [5, 5.41) is 19.2. The van der Waals surface area contributed by atoms with Gasteiger partial charge in [0.05, 0.1) is 0 Å². The van der Waals surface area contributed by atoms with E-state index in [4.69, 9.17) is 5.73 Å². The molecule has 0 bridgehead atoms. The van der Waals surface area contributed by atoms with Crippen molar-refractivity contribution in [2.45, 2.75) is 13.5 Å². The van der Waals surface area contributed by atoms with Crippen LogP contribution in [0, 0.1) is 0 Å². The Morgan fingerprint density at radius 1 is 1.33 bits per heavy atom. The number of aromatic nitrogens is 3. The van der Waals surface area contributed by atoms with Crippen molar-refractivity contribution in [3.63, 3.8) is 0 Å². The normalized spacial score (nSPS) is 10.3. The zero-order chi connectivity index (χ0) is 15.4. The highest BCUT2D eigenvalue weighted by molar-refractivity contribution is 5.93. The van der Waals surface area contributed by atoms with E-state index in [9.17, 15) is 14.7 Å². The number of carbonyl (C=O) groups is 2. The summed E-state index contributed by atoms with van der Waals surface area (Å²) < 4.78 is 1.26. The molecular weight excluding hydrogens is 274 g/mol. The molecule has 0 fully saturated rings. The molecule has 2 aromatic rings. The Morgan fingerprint density at radius 2 is 2.00 bits per heavy atom. The minimum atomic E-state index is -1.20. The molecule has 0 aliphatic heterocycles. The van der Waals surface area contributed by atoms with E-state index < -0.39 is 5.97 Å². The minimum absolute atomic E-state index is 0.103. The molecule has 21 heavy (non-hydrogen) atoms. The number of anilines is 1. The predicted octanol–water partition coefficient (Wildman–Crippen LogP) is 0.362. The van der Waals surface area contributed by atoms with Crippen LogP contribution in [0.4, 0.5) is 5.69 Å². The highest BCUT2D eigenvalue weighted by Gasteiger charge is 2.21. The van der Waals surface area contributed by atoms with Crippen LogP contribution in [0.2, 0.25) is 0 Å². The fourth-order valence-corrected chi connectivity index (χ4v) is 1.88. The summed E-state index contributed by atoms with van der Waals surface area (Å²) in [5.41, 5.74) is 6.82. The fourth-order valence-electron chi connectivity index (χ4n) is 1.88. The third-order valence-corrected chi connectivity index (χ3v) is 2.79. The van der Waals surface area contributed by atoms with Crippen molar-refractivity contribution in [2.24, 2.45) is 0 Å². The first-order valence-electron chi connectivity index (χ1n) is 6.32. The zero-order valence-corrected chi connectivity index (χ0v) is 11.4. The summed E-state index contributed by atoms with van der Waals surface area (Å²) >= 11 is 0. The summed E-state index contributed by atoms with van der Waals surface area (Å²) in [4.78, 5) is 22.9. The van der Waals surface area contributed by atoms with Crippen molar-refractivity contribution in [1.29, 1.82) is 0 Å². The fraction of sp³-hybridized carbons (Fsp3) is 0.231. The van der Waals surface area contributed by atoms with Crippen LogP contribution in [0.3, 0.4) is 0 Å². The largest absolute Gasteiger partial charge is 0.476 e. The second-order valence-electron chi connectivity index (χ2n) is 4.32. The van der Waals surface area contributed by atoms with Gasteiger partial charge in [-0.15, -0.1) is 5.10 Å². The first-order valence-corrected chi connectivity index (χ1v) is 6.32. The molecule has 1 aromatic heterocycles. The van der Waals surface area contributed by atoms with Crippen LogP contribution in [-0.4, -0.2) is 38.5 Å². The third kappa shape index (κ3) is 3.16. The second-order valence-corrected chi connectivity index (χ2v) is 4.32. The van der Waals surface area contributed by atoms with Gasteiger partial charge < -0.3 is 16.2 Å². The quantitative estimate of drug-likeness (QED) is 0.683. The Hall–Kier alpha value is -2.90. The number of carboxylic acids is 1. The van der Waals surface area contributed by atoms with E-state index in [1.165, 1.54) is 4.68 Å². The van der Waals surface area contributed by atoms with Crippen molar-refractivity contribution in [1.82, 2.24) is 20.3 Å². The number of carboxylic acid groups (broad SMARTS) is 1. The van der Waals surface area contributed by atoms with Gasteiger partial charge in [-0.25, -0.2) is 9.48 Å². The molecule has 0 aliphatic rings. The van der Waals surface area contributed by atoms with E-state index in [1.54, 1.807) is 31.2 Å². The Bertz CT molecular complexity index is 663. The SMILES string of the molecule is CCNC(=O)Cn1nnc(C(=O)O)c1-c1ccc(N)cc1. The number of aromatic carboxylic acids is 1. The molecule has 1 heterocycles. The molecule has 8 heteroatoms. The second kappa shape index (κ2) is 6.04. The molecular formula is C13H15N5O3. The highest BCUT2D eigenvalue weighted by Crippen LogP contribution is 2.23. The summed E-state index contributed by atoms with van der Waals surface area (Å²) in [6.45, 7) is 2.17. The van der Waals surface area contributed by atoms with Gasteiger partial charge in [0.1, 0.15) is 12.2 Å². The molecule has 0 aliphatic carbocycles. The van der Waals surface area contributed by atoms with Gasteiger partial charge in [-0.05, 0) is 19.1 Å². The Labute approximate surface area is 120 Å². The maximum atomic E-state index is 11.7. The summed E-state index contributed by atoms with van der Waals surface area (Å²) in [6, 6.07) is 6.61. The van der Waals surface area contributed by atoms with E-state index in [-0.39, 0.29) is 23.8 Å². The molecule has 8 nitrogen and oxygen atoms in total. The van der Waals surface area contributed by atoms with E-state index in [0.29, 0.717) is 17.8 Å². The van der Waals surface area contributed by atoms with Gasteiger partial charge in [0.15, 0.2) is 5.69 Å². The molecule has 0 saturated carbocycles. The molecule has 0 saturated heterocycles. The van der Waals surface area contributed by atoms with Crippen molar-refractivity contribution in [2.75, 3.05) is 12.3 Å². The number of nitrogens with two attached hydrogens (primary N) is 1. The monoisotopic (exact) mass is 289 g/mol. The van der Waals surface area contributed by atoms with Gasteiger partial charge in [-0.3, -0.25) is 4.79 Å². The first kappa shape index (κ1) is 14.5. The number of hydrogen-bond donors (Lipinski definition) is 3. The number of nitrogen functional groups attached to an aromatic ring is 1. The van der Waals surface area contributed by atoms with Crippen molar-refractivity contribution in [3.8, 4) is 11.3 Å². The van der Waals surface area contributed by atoms with Gasteiger partial charge in [0, 0.05) is 17.8 Å². The molecule has 110 valence electrons. The van der Waals surface area contributed by atoms with Crippen LogP contribution in [-0.2, 0) is 11.3 Å².